The molecule has 0 atom stereocenters. The average Bonchev–Trinajstić information content (AvgIpc) is 2.60. The molecule has 0 heterocycles. The molecule has 0 fully saturated rings. The van der Waals surface area contributed by atoms with Crippen LogP contribution in [0.15, 0.2) is 48.5 Å². The number of ether oxygens (including phenoxy) is 1. The Morgan fingerprint density at radius 3 is 2.50 bits per heavy atom. The van der Waals surface area contributed by atoms with Crippen molar-refractivity contribution in [2.75, 3.05) is 6.61 Å². The third kappa shape index (κ3) is 5.89. The Morgan fingerprint density at radius 1 is 1.04 bits per heavy atom. The molecule has 2 aromatic carbocycles. The van der Waals surface area contributed by atoms with Gasteiger partial charge in [-0.15, -0.1) is 0 Å². The van der Waals surface area contributed by atoms with E-state index in [9.17, 15) is 4.79 Å². The highest BCUT2D eigenvalue weighted by Gasteiger charge is 2.04. The SMILES string of the molecule is Cc1ccc(OCC(=O)NNC(=S)NCc2ccccc2)cc1C. The first-order chi connectivity index (χ1) is 11.5. The topological polar surface area (TPSA) is 62.4 Å². The van der Waals surface area contributed by atoms with E-state index in [0.717, 1.165) is 11.1 Å². The Bertz CT molecular complexity index is 705. The lowest BCUT2D eigenvalue weighted by Crippen LogP contribution is -2.48. The van der Waals surface area contributed by atoms with E-state index in [1.165, 1.54) is 5.56 Å². The van der Waals surface area contributed by atoms with Gasteiger partial charge in [0.25, 0.3) is 5.91 Å². The number of amides is 1. The molecule has 0 aliphatic rings. The Kier molecular flexibility index (Phi) is 6.57. The normalized spacial score (nSPS) is 9.92. The maximum absolute atomic E-state index is 11.8. The minimum absolute atomic E-state index is 0.0865. The van der Waals surface area contributed by atoms with E-state index in [4.69, 9.17) is 17.0 Å². The lowest BCUT2D eigenvalue weighted by atomic mass is 10.1. The van der Waals surface area contributed by atoms with Gasteiger partial charge in [0, 0.05) is 6.54 Å². The molecule has 2 rings (SSSR count). The smallest absolute Gasteiger partial charge is 0.276 e. The van der Waals surface area contributed by atoms with Crippen molar-refractivity contribution in [1.29, 1.82) is 0 Å². The zero-order valence-corrected chi connectivity index (χ0v) is 14.6. The average molecular weight is 343 g/mol. The summed E-state index contributed by atoms with van der Waals surface area (Å²) in [5.41, 5.74) is 8.56. The monoisotopic (exact) mass is 343 g/mol. The second-order valence-electron chi connectivity index (χ2n) is 5.38. The molecule has 3 N–H and O–H groups in total. The highest BCUT2D eigenvalue weighted by atomic mass is 32.1. The Labute approximate surface area is 147 Å². The largest absolute Gasteiger partial charge is 0.484 e. The van der Waals surface area contributed by atoms with Crippen molar-refractivity contribution in [2.24, 2.45) is 0 Å². The van der Waals surface area contributed by atoms with Gasteiger partial charge < -0.3 is 10.1 Å². The summed E-state index contributed by atoms with van der Waals surface area (Å²) in [6, 6.07) is 15.6. The zero-order chi connectivity index (χ0) is 17.4. The summed E-state index contributed by atoms with van der Waals surface area (Å²) >= 11 is 5.10. The molecule has 0 saturated carbocycles. The van der Waals surface area contributed by atoms with Crippen LogP contribution in [0.3, 0.4) is 0 Å². The third-order valence-electron chi connectivity index (χ3n) is 3.46. The van der Waals surface area contributed by atoms with Crippen molar-refractivity contribution in [3.63, 3.8) is 0 Å². The second kappa shape index (κ2) is 8.88. The minimum Gasteiger partial charge on any atom is -0.484 e. The van der Waals surface area contributed by atoms with Crippen LogP contribution in [0.4, 0.5) is 0 Å². The fourth-order valence-electron chi connectivity index (χ4n) is 1.94. The molecule has 5 nitrogen and oxygen atoms in total. The number of benzene rings is 2. The molecule has 0 bridgehead atoms. The first kappa shape index (κ1) is 17.7. The number of hydrazine groups is 1. The lowest BCUT2D eigenvalue weighted by molar-refractivity contribution is -0.123. The number of carbonyl (C=O) groups is 1. The molecule has 0 aromatic heterocycles. The van der Waals surface area contributed by atoms with Crippen molar-refractivity contribution < 1.29 is 9.53 Å². The molecule has 0 spiro atoms. The first-order valence-corrected chi connectivity index (χ1v) is 8.02. The molecule has 0 radical (unpaired) electrons. The van der Waals surface area contributed by atoms with Crippen LogP contribution < -0.4 is 20.9 Å². The highest BCUT2D eigenvalue weighted by molar-refractivity contribution is 7.80. The number of nitrogens with one attached hydrogen (secondary N) is 3. The van der Waals surface area contributed by atoms with Crippen LogP contribution >= 0.6 is 12.2 Å². The molecule has 126 valence electrons. The molecular weight excluding hydrogens is 322 g/mol. The van der Waals surface area contributed by atoms with Gasteiger partial charge >= 0.3 is 0 Å². The molecule has 1 amide bonds. The van der Waals surface area contributed by atoms with E-state index < -0.39 is 0 Å². The predicted molar refractivity (Wildman–Crippen MR) is 98.6 cm³/mol. The van der Waals surface area contributed by atoms with Crippen LogP contribution in [0.2, 0.25) is 0 Å². The van der Waals surface area contributed by atoms with E-state index in [1.807, 2.05) is 62.4 Å². The highest BCUT2D eigenvalue weighted by Crippen LogP contribution is 2.16. The zero-order valence-electron chi connectivity index (χ0n) is 13.8. The van der Waals surface area contributed by atoms with Crippen molar-refractivity contribution in [3.05, 3.63) is 65.2 Å². The number of aryl methyl sites for hydroxylation is 2. The molecule has 24 heavy (non-hydrogen) atoms. The summed E-state index contributed by atoms with van der Waals surface area (Å²) in [7, 11) is 0. The maximum Gasteiger partial charge on any atom is 0.276 e. The summed E-state index contributed by atoms with van der Waals surface area (Å²) in [6.07, 6.45) is 0. The van der Waals surface area contributed by atoms with Gasteiger partial charge in [0.05, 0.1) is 0 Å². The fraction of sp³-hybridized carbons (Fsp3) is 0.222. The van der Waals surface area contributed by atoms with Crippen molar-refractivity contribution in [1.82, 2.24) is 16.2 Å². The van der Waals surface area contributed by atoms with Crippen LogP contribution in [0.5, 0.6) is 5.75 Å². The van der Waals surface area contributed by atoms with Gasteiger partial charge in [-0.3, -0.25) is 15.6 Å². The molecule has 0 aliphatic heterocycles. The number of hydrogen-bond donors (Lipinski definition) is 3. The molecular formula is C18H21N3O2S. The minimum atomic E-state index is -0.308. The van der Waals surface area contributed by atoms with Gasteiger partial charge in [-0.2, -0.15) is 0 Å². The van der Waals surface area contributed by atoms with E-state index in [1.54, 1.807) is 0 Å². The Hall–Kier alpha value is -2.60. The summed E-state index contributed by atoms with van der Waals surface area (Å²) < 4.78 is 5.45. The quantitative estimate of drug-likeness (QED) is 0.575. The first-order valence-electron chi connectivity index (χ1n) is 7.61. The van der Waals surface area contributed by atoms with Crippen molar-refractivity contribution in [3.8, 4) is 5.75 Å². The lowest BCUT2D eigenvalue weighted by Gasteiger charge is -2.12. The van der Waals surface area contributed by atoms with Crippen LogP contribution in [-0.4, -0.2) is 17.6 Å². The Balaban J connectivity index is 1.67. The van der Waals surface area contributed by atoms with Crippen molar-refractivity contribution >= 4 is 23.2 Å². The standard InChI is InChI=1S/C18H21N3O2S/c1-13-8-9-16(10-14(13)2)23-12-17(22)20-21-18(24)19-11-15-6-4-3-5-7-15/h3-10H,11-12H2,1-2H3,(H,20,22)(H2,19,21,24). The van der Waals surface area contributed by atoms with Gasteiger partial charge in [-0.25, -0.2) is 0 Å². The number of rotatable bonds is 5. The van der Waals surface area contributed by atoms with Crippen LogP contribution in [0.25, 0.3) is 0 Å². The van der Waals surface area contributed by atoms with Crippen LogP contribution in [0, 0.1) is 13.8 Å². The van der Waals surface area contributed by atoms with Gasteiger partial charge in [-0.05, 0) is 54.9 Å². The van der Waals surface area contributed by atoms with E-state index in [-0.39, 0.29) is 12.5 Å². The van der Waals surface area contributed by atoms with E-state index in [0.29, 0.717) is 17.4 Å². The maximum atomic E-state index is 11.8. The second-order valence-corrected chi connectivity index (χ2v) is 5.78. The van der Waals surface area contributed by atoms with Crippen LogP contribution in [-0.2, 0) is 11.3 Å². The van der Waals surface area contributed by atoms with E-state index in [2.05, 4.69) is 16.2 Å². The molecule has 0 aliphatic carbocycles. The van der Waals surface area contributed by atoms with Gasteiger partial charge in [0.15, 0.2) is 11.7 Å². The van der Waals surface area contributed by atoms with E-state index >= 15 is 0 Å². The summed E-state index contributed by atoms with van der Waals surface area (Å²) in [5, 5.41) is 3.35. The van der Waals surface area contributed by atoms with Gasteiger partial charge in [-0.1, -0.05) is 36.4 Å². The number of thiocarbonyl (C=S) groups is 1. The number of carbonyl (C=O) groups excluding carboxylic acids is 1. The van der Waals surface area contributed by atoms with Crippen molar-refractivity contribution in [2.45, 2.75) is 20.4 Å². The fourth-order valence-corrected chi connectivity index (χ4v) is 2.06. The molecule has 0 saturated heterocycles. The number of hydrogen-bond acceptors (Lipinski definition) is 3. The Morgan fingerprint density at radius 2 is 1.79 bits per heavy atom. The third-order valence-corrected chi connectivity index (χ3v) is 3.71. The summed E-state index contributed by atoms with van der Waals surface area (Å²) in [5.74, 6) is 0.357. The predicted octanol–water partition coefficient (Wildman–Crippen LogP) is 2.38. The summed E-state index contributed by atoms with van der Waals surface area (Å²) in [6.45, 7) is 4.53. The molecule has 0 unspecified atom stereocenters. The molecule has 6 heteroatoms. The van der Waals surface area contributed by atoms with Crippen LogP contribution in [0.1, 0.15) is 16.7 Å². The van der Waals surface area contributed by atoms with Gasteiger partial charge in [0.2, 0.25) is 0 Å². The summed E-state index contributed by atoms with van der Waals surface area (Å²) in [4.78, 5) is 11.8. The van der Waals surface area contributed by atoms with Gasteiger partial charge in [0.1, 0.15) is 5.75 Å². The molecule has 2 aromatic rings.